The summed E-state index contributed by atoms with van der Waals surface area (Å²) in [5.41, 5.74) is 0.446. The molecule has 0 radical (unpaired) electrons. The third-order valence-corrected chi connectivity index (χ3v) is 6.18. The van der Waals surface area contributed by atoms with E-state index in [-0.39, 0.29) is 0 Å². The number of carboxylic acids is 2. The second-order valence-electron chi connectivity index (χ2n) is 8.88. The molecule has 1 aliphatic rings. The molecule has 6 N–H and O–H groups in total. The summed E-state index contributed by atoms with van der Waals surface area (Å²) in [5.74, 6) is -3.29. The molecule has 2 amide bonds. The highest BCUT2D eigenvalue weighted by Crippen LogP contribution is 2.22. The molecule has 12 heteroatoms. The maximum absolute atomic E-state index is 13.1. The summed E-state index contributed by atoms with van der Waals surface area (Å²) in [4.78, 5) is 58.8. The maximum atomic E-state index is 13.1. The maximum Gasteiger partial charge on any atom is 0.336 e. The first-order valence-corrected chi connectivity index (χ1v) is 12.7. The normalized spacial score (nSPS) is 12.6. The molecule has 0 fully saturated rings. The van der Waals surface area contributed by atoms with E-state index in [4.69, 9.17) is 0 Å². The van der Waals surface area contributed by atoms with Crippen LogP contribution in [-0.4, -0.2) is 72.3 Å². The van der Waals surface area contributed by atoms with E-state index in [0.29, 0.717) is 30.3 Å². The van der Waals surface area contributed by atoms with Crippen LogP contribution in [0.3, 0.4) is 0 Å². The first-order chi connectivity index (χ1) is 19.7. The Bertz CT molecular complexity index is 1560. The number of carbonyl (C=O) groups is 4. The van der Waals surface area contributed by atoms with E-state index in [1.54, 1.807) is 55.6 Å². The minimum Gasteiger partial charge on any atom is -0.478 e. The number of hydrogen-bond acceptors (Lipinski definition) is 7. The predicted octanol–water partition coefficient (Wildman–Crippen LogP) is 2.92. The van der Waals surface area contributed by atoms with Crippen LogP contribution in [-0.2, 0) is 0 Å². The summed E-state index contributed by atoms with van der Waals surface area (Å²) < 4.78 is 0. The summed E-state index contributed by atoms with van der Waals surface area (Å²) in [6.45, 7) is 4.01. The highest BCUT2D eigenvalue weighted by atomic mass is 16.4. The van der Waals surface area contributed by atoms with Gasteiger partial charge in [0, 0.05) is 42.6 Å². The van der Waals surface area contributed by atoms with Gasteiger partial charge in [0.05, 0.1) is 28.8 Å². The van der Waals surface area contributed by atoms with E-state index in [0.717, 1.165) is 35.6 Å². The average molecular weight is 557 g/mol. The average Bonchev–Trinajstić information content (AvgIpc) is 3.51. The van der Waals surface area contributed by atoms with Gasteiger partial charge in [-0.2, -0.15) is 0 Å². The van der Waals surface area contributed by atoms with Gasteiger partial charge in [-0.25, -0.2) is 9.59 Å². The van der Waals surface area contributed by atoms with Crippen LogP contribution in [0.2, 0.25) is 0 Å². The largest absolute Gasteiger partial charge is 0.478 e. The number of carbonyl (C=O) groups excluding carboxylic acids is 2. The van der Waals surface area contributed by atoms with Gasteiger partial charge in [-0.3, -0.25) is 19.6 Å². The first-order valence-electron chi connectivity index (χ1n) is 12.7. The van der Waals surface area contributed by atoms with Crippen molar-refractivity contribution in [1.29, 1.82) is 0 Å². The first kappa shape index (κ1) is 28.5. The van der Waals surface area contributed by atoms with Crippen LogP contribution in [0.5, 0.6) is 0 Å². The highest BCUT2D eigenvalue weighted by Gasteiger charge is 2.26. The molecule has 1 aliphatic heterocycles. The molecule has 210 valence electrons. The van der Waals surface area contributed by atoms with Crippen LogP contribution < -0.4 is 21.3 Å². The molecule has 1 heterocycles. The van der Waals surface area contributed by atoms with Crippen molar-refractivity contribution in [1.82, 2.24) is 10.6 Å². The Morgan fingerprint density at radius 2 is 1.34 bits per heavy atom. The quantitative estimate of drug-likeness (QED) is 0.172. The Hall–Kier alpha value is -5.52. The number of aromatic carboxylic acids is 2. The smallest absolute Gasteiger partial charge is 0.336 e. The van der Waals surface area contributed by atoms with Gasteiger partial charge >= 0.3 is 11.9 Å². The number of aliphatic imine (C=N–C) groups is 2. The highest BCUT2D eigenvalue weighted by molar-refractivity contribution is 6.17. The van der Waals surface area contributed by atoms with Crippen LogP contribution in [0.1, 0.15) is 59.5 Å². The molecule has 0 saturated heterocycles. The van der Waals surface area contributed by atoms with Crippen molar-refractivity contribution in [3.8, 4) is 0 Å². The Balaban J connectivity index is 1.59. The zero-order chi connectivity index (χ0) is 29.5. The summed E-state index contributed by atoms with van der Waals surface area (Å²) in [6.07, 6.45) is 0. The van der Waals surface area contributed by atoms with Crippen LogP contribution in [0.15, 0.2) is 70.6 Å². The molecule has 0 bridgehead atoms. The number of nitrogens with zero attached hydrogens (tertiary/aromatic N) is 2. The van der Waals surface area contributed by atoms with E-state index in [1.807, 2.05) is 6.92 Å². The summed E-state index contributed by atoms with van der Waals surface area (Å²) in [7, 11) is 1.64. The van der Waals surface area contributed by atoms with Crippen molar-refractivity contribution in [2.24, 2.45) is 9.98 Å². The fourth-order valence-electron chi connectivity index (χ4n) is 4.22. The summed E-state index contributed by atoms with van der Waals surface area (Å²) in [5, 5.41) is 31.1. The molecule has 0 atom stereocenters. The van der Waals surface area contributed by atoms with Gasteiger partial charge in [-0.15, -0.1) is 0 Å². The monoisotopic (exact) mass is 556 g/mol. The van der Waals surface area contributed by atoms with E-state index < -0.39 is 46.0 Å². The fourth-order valence-corrected chi connectivity index (χ4v) is 4.22. The lowest BCUT2D eigenvalue weighted by molar-refractivity contribution is 0.0677. The van der Waals surface area contributed by atoms with Gasteiger partial charge in [0.25, 0.3) is 11.8 Å². The van der Waals surface area contributed by atoms with Gasteiger partial charge < -0.3 is 31.5 Å². The molecule has 41 heavy (non-hydrogen) atoms. The lowest BCUT2D eigenvalue weighted by Gasteiger charge is -2.14. The standard InChI is InChI=1S/C29H28N6O6/c1-3-31-24(30-2)16-4-8-18(9-5-16)34-26(36)20-14-23(29(40)41)21(15-22(20)28(38)39)27(37)35-19-10-6-17(7-11-19)25-32-12-13-33-25/h4-11,14-15H,3,12-13H2,1-2H3,(H,30,31)(H,32,33)(H,34,36)(H,35,37)(H,38,39)(H,40,41). The second kappa shape index (κ2) is 12.6. The second-order valence-corrected chi connectivity index (χ2v) is 8.88. The van der Waals surface area contributed by atoms with Crippen LogP contribution in [0.4, 0.5) is 11.4 Å². The van der Waals surface area contributed by atoms with Gasteiger partial charge in [0.2, 0.25) is 0 Å². The van der Waals surface area contributed by atoms with Crippen LogP contribution in [0, 0.1) is 0 Å². The fraction of sp³-hybridized carbons (Fsp3) is 0.172. The van der Waals surface area contributed by atoms with E-state index in [2.05, 4.69) is 31.3 Å². The lowest BCUT2D eigenvalue weighted by Crippen LogP contribution is -2.24. The van der Waals surface area contributed by atoms with E-state index >= 15 is 0 Å². The van der Waals surface area contributed by atoms with E-state index in [1.165, 1.54) is 0 Å². The SMILES string of the molecule is CCNC(=NC)c1ccc(NC(=O)c2cc(C(=O)O)c(C(=O)Nc3ccc(C4=NCCN4)cc3)cc2C(=O)O)cc1. The third kappa shape index (κ3) is 6.56. The van der Waals surface area contributed by atoms with Crippen molar-refractivity contribution >= 4 is 46.8 Å². The number of anilines is 2. The van der Waals surface area contributed by atoms with Crippen molar-refractivity contribution in [2.45, 2.75) is 6.92 Å². The van der Waals surface area contributed by atoms with E-state index in [9.17, 15) is 29.4 Å². The molecule has 0 spiro atoms. The minimum absolute atomic E-state index is 0.350. The molecule has 3 aromatic carbocycles. The molecule has 3 aromatic rings. The van der Waals surface area contributed by atoms with Crippen LogP contribution in [0.25, 0.3) is 0 Å². The Morgan fingerprint density at radius 1 is 0.829 bits per heavy atom. The summed E-state index contributed by atoms with van der Waals surface area (Å²) >= 11 is 0. The number of amides is 2. The Morgan fingerprint density at radius 3 is 1.76 bits per heavy atom. The minimum atomic E-state index is -1.50. The molecule has 4 rings (SSSR count). The number of hydrogen-bond donors (Lipinski definition) is 6. The predicted molar refractivity (Wildman–Crippen MR) is 155 cm³/mol. The Labute approximate surface area is 235 Å². The van der Waals surface area contributed by atoms with Crippen molar-refractivity contribution in [3.63, 3.8) is 0 Å². The Kier molecular flexibility index (Phi) is 8.72. The van der Waals surface area contributed by atoms with Gasteiger partial charge in [0.1, 0.15) is 11.7 Å². The number of benzene rings is 3. The molecule has 12 nitrogen and oxygen atoms in total. The molecule has 0 saturated carbocycles. The molecule has 0 aromatic heterocycles. The number of nitrogens with one attached hydrogen (secondary N) is 4. The molecule has 0 aliphatic carbocycles. The van der Waals surface area contributed by atoms with Crippen molar-refractivity contribution in [2.75, 3.05) is 37.3 Å². The van der Waals surface area contributed by atoms with Crippen molar-refractivity contribution < 1.29 is 29.4 Å². The number of carboxylic acid groups (broad SMARTS) is 2. The van der Waals surface area contributed by atoms with Crippen molar-refractivity contribution in [3.05, 3.63) is 94.0 Å². The zero-order valence-electron chi connectivity index (χ0n) is 22.3. The lowest BCUT2D eigenvalue weighted by atomic mass is 9.96. The molecular weight excluding hydrogens is 528 g/mol. The van der Waals surface area contributed by atoms with Crippen LogP contribution >= 0.6 is 0 Å². The number of rotatable bonds is 9. The summed E-state index contributed by atoms with van der Waals surface area (Å²) in [6, 6.07) is 15.2. The zero-order valence-corrected chi connectivity index (χ0v) is 22.3. The molecule has 0 unspecified atom stereocenters. The van der Waals surface area contributed by atoms with Gasteiger partial charge in [-0.05, 0) is 67.6 Å². The third-order valence-electron chi connectivity index (χ3n) is 6.18. The van der Waals surface area contributed by atoms with Gasteiger partial charge in [-0.1, -0.05) is 0 Å². The number of amidine groups is 2. The molecular formula is C29H28N6O6. The topological polar surface area (TPSA) is 182 Å². The van der Waals surface area contributed by atoms with Gasteiger partial charge in [0.15, 0.2) is 0 Å².